The topological polar surface area (TPSA) is 85.8 Å². The first-order valence-corrected chi connectivity index (χ1v) is 7.27. The highest BCUT2D eigenvalue weighted by molar-refractivity contribution is 7.99. The summed E-state index contributed by atoms with van der Waals surface area (Å²) in [5.41, 5.74) is 5.61. The molecule has 1 amide bonds. The van der Waals surface area contributed by atoms with Crippen LogP contribution < -0.4 is 11.1 Å². The van der Waals surface area contributed by atoms with Gasteiger partial charge in [0, 0.05) is 12.6 Å². The van der Waals surface area contributed by atoms with Gasteiger partial charge >= 0.3 is 0 Å². The van der Waals surface area contributed by atoms with Crippen molar-refractivity contribution < 1.29 is 4.79 Å². The average molecular weight is 269 g/mol. The van der Waals surface area contributed by atoms with E-state index in [2.05, 4.69) is 22.4 Å². The molecule has 0 bridgehead atoms. The first kappa shape index (κ1) is 13.4. The number of thioether (sulfide) groups is 1. The van der Waals surface area contributed by atoms with Gasteiger partial charge in [-0.05, 0) is 19.3 Å². The maximum atomic E-state index is 11.6. The fourth-order valence-electron chi connectivity index (χ4n) is 1.65. The molecule has 6 nitrogen and oxygen atoms in total. The number of rotatable bonds is 7. The second-order valence-electron chi connectivity index (χ2n) is 4.39. The molecule has 1 heterocycles. The smallest absolute Gasteiger partial charge is 0.230 e. The van der Waals surface area contributed by atoms with Crippen molar-refractivity contribution in [1.82, 2.24) is 20.1 Å². The summed E-state index contributed by atoms with van der Waals surface area (Å²) in [7, 11) is 0. The van der Waals surface area contributed by atoms with Crippen LogP contribution in [-0.2, 0) is 17.9 Å². The van der Waals surface area contributed by atoms with E-state index < -0.39 is 0 Å². The third kappa shape index (κ3) is 3.46. The highest BCUT2D eigenvalue weighted by Gasteiger charge is 2.23. The van der Waals surface area contributed by atoms with Gasteiger partial charge in [-0.2, -0.15) is 0 Å². The van der Waals surface area contributed by atoms with E-state index in [1.54, 1.807) is 0 Å². The van der Waals surface area contributed by atoms with Crippen LogP contribution in [0.2, 0.25) is 0 Å². The second-order valence-corrected chi connectivity index (χ2v) is 5.33. The lowest BCUT2D eigenvalue weighted by Gasteiger charge is -2.07. The minimum absolute atomic E-state index is 0.0721. The van der Waals surface area contributed by atoms with Crippen LogP contribution in [0.3, 0.4) is 0 Å². The van der Waals surface area contributed by atoms with Gasteiger partial charge in [0.25, 0.3) is 0 Å². The molecule has 3 N–H and O–H groups in total. The Hall–Kier alpha value is -1.08. The van der Waals surface area contributed by atoms with Gasteiger partial charge in [-0.1, -0.05) is 18.7 Å². The van der Waals surface area contributed by atoms with Crippen molar-refractivity contribution in [3.63, 3.8) is 0 Å². The third-order valence-corrected chi connectivity index (χ3v) is 3.66. The molecule has 1 aliphatic carbocycles. The Morgan fingerprint density at radius 1 is 1.56 bits per heavy atom. The zero-order valence-electron chi connectivity index (χ0n) is 10.6. The van der Waals surface area contributed by atoms with Crippen LogP contribution in [0.4, 0.5) is 0 Å². The van der Waals surface area contributed by atoms with Gasteiger partial charge in [0.05, 0.1) is 12.3 Å². The summed E-state index contributed by atoms with van der Waals surface area (Å²) in [5.74, 6) is 1.24. The molecule has 1 saturated carbocycles. The third-order valence-electron chi connectivity index (χ3n) is 2.70. The Morgan fingerprint density at radius 2 is 2.33 bits per heavy atom. The second kappa shape index (κ2) is 6.19. The van der Waals surface area contributed by atoms with E-state index in [0.29, 0.717) is 18.3 Å². The van der Waals surface area contributed by atoms with Gasteiger partial charge in [-0.3, -0.25) is 4.79 Å². The summed E-state index contributed by atoms with van der Waals surface area (Å²) >= 11 is 1.42. The minimum atomic E-state index is 0.0721. The molecule has 0 atom stereocenters. The van der Waals surface area contributed by atoms with Crippen LogP contribution in [0.25, 0.3) is 0 Å². The van der Waals surface area contributed by atoms with Gasteiger partial charge < -0.3 is 15.6 Å². The Kier molecular flexibility index (Phi) is 4.60. The van der Waals surface area contributed by atoms with Crippen molar-refractivity contribution in [2.75, 3.05) is 5.75 Å². The Balaban J connectivity index is 1.90. The number of nitrogens with one attached hydrogen (secondary N) is 1. The first-order chi connectivity index (χ1) is 8.74. The van der Waals surface area contributed by atoms with Crippen molar-refractivity contribution in [3.05, 3.63) is 5.82 Å². The largest absolute Gasteiger partial charge is 0.353 e. The highest BCUT2D eigenvalue weighted by Crippen LogP contribution is 2.20. The van der Waals surface area contributed by atoms with Crippen LogP contribution in [0, 0.1) is 0 Å². The summed E-state index contributed by atoms with van der Waals surface area (Å²) in [5, 5.41) is 11.9. The maximum Gasteiger partial charge on any atom is 0.230 e. The molecule has 18 heavy (non-hydrogen) atoms. The molecule has 0 unspecified atom stereocenters. The predicted molar refractivity (Wildman–Crippen MR) is 70.1 cm³/mol. The average Bonchev–Trinajstić information content (AvgIpc) is 3.08. The van der Waals surface area contributed by atoms with E-state index in [-0.39, 0.29) is 5.91 Å². The van der Waals surface area contributed by atoms with Gasteiger partial charge in [0.1, 0.15) is 5.82 Å². The van der Waals surface area contributed by atoms with E-state index in [1.807, 2.05) is 4.57 Å². The molecular formula is C11H19N5OS. The van der Waals surface area contributed by atoms with Crippen molar-refractivity contribution in [2.24, 2.45) is 5.73 Å². The number of carbonyl (C=O) groups is 1. The van der Waals surface area contributed by atoms with Crippen molar-refractivity contribution in [1.29, 1.82) is 0 Å². The number of carbonyl (C=O) groups excluding carboxylic acids is 1. The molecule has 2 rings (SSSR count). The molecule has 1 fully saturated rings. The van der Waals surface area contributed by atoms with Gasteiger partial charge in [0.15, 0.2) is 5.16 Å². The van der Waals surface area contributed by atoms with E-state index in [9.17, 15) is 4.79 Å². The molecular weight excluding hydrogens is 250 g/mol. The highest BCUT2D eigenvalue weighted by atomic mass is 32.2. The number of hydrogen-bond acceptors (Lipinski definition) is 5. The lowest BCUT2D eigenvalue weighted by Crippen LogP contribution is -2.27. The monoisotopic (exact) mass is 269 g/mol. The van der Waals surface area contributed by atoms with Crippen LogP contribution in [0.1, 0.15) is 32.0 Å². The summed E-state index contributed by atoms with van der Waals surface area (Å²) in [6, 6.07) is 0.409. The summed E-state index contributed by atoms with van der Waals surface area (Å²) in [4.78, 5) is 11.6. The van der Waals surface area contributed by atoms with Crippen LogP contribution in [0.15, 0.2) is 5.16 Å². The molecule has 1 aromatic heterocycles. The van der Waals surface area contributed by atoms with E-state index in [0.717, 1.165) is 36.8 Å². The zero-order chi connectivity index (χ0) is 13.0. The molecule has 1 aliphatic rings. The van der Waals surface area contributed by atoms with Gasteiger partial charge in [-0.25, -0.2) is 0 Å². The van der Waals surface area contributed by atoms with Crippen molar-refractivity contribution in [2.45, 2.75) is 50.5 Å². The fraction of sp³-hybridized carbons (Fsp3) is 0.727. The molecule has 7 heteroatoms. The van der Waals surface area contributed by atoms with Crippen LogP contribution in [0.5, 0.6) is 0 Å². The molecule has 0 radical (unpaired) electrons. The Labute approximate surface area is 111 Å². The summed E-state index contributed by atoms with van der Waals surface area (Å²) in [6.07, 6.45) is 3.21. The van der Waals surface area contributed by atoms with E-state index in [1.165, 1.54) is 11.8 Å². The molecule has 0 aliphatic heterocycles. The maximum absolute atomic E-state index is 11.6. The summed E-state index contributed by atoms with van der Waals surface area (Å²) < 4.78 is 2.00. The molecule has 0 saturated heterocycles. The van der Waals surface area contributed by atoms with Crippen LogP contribution >= 0.6 is 11.8 Å². The Morgan fingerprint density at radius 3 is 2.94 bits per heavy atom. The molecule has 0 spiro atoms. The van der Waals surface area contributed by atoms with Gasteiger partial charge in [0.2, 0.25) is 5.91 Å². The van der Waals surface area contributed by atoms with Crippen LogP contribution in [-0.4, -0.2) is 32.5 Å². The summed E-state index contributed by atoms with van der Waals surface area (Å²) in [6.45, 7) is 3.31. The van der Waals surface area contributed by atoms with E-state index >= 15 is 0 Å². The number of aromatic nitrogens is 3. The number of nitrogens with two attached hydrogens (primary N) is 1. The predicted octanol–water partition coefficient (Wildman–Crippen LogP) is 0.518. The number of amides is 1. The van der Waals surface area contributed by atoms with Crippen molar-refractivity contribution >= 4 is 17.7 Å². The van der Waals surface area contributed by atoms with Crippen molar-refractivity contribution in [3.8, 4) is 0 Å². The quantitative estimate of drug-likeness (QED) is 0.705. The van der Waals surface area contributed by atoms with Gasteiger partial charge in [-0.15, -0.1) is 10.2 Å². The lowest BCUT2D eigenvalue weighted by atomic mass is 10.4. The number of hydrogen-bond donors (Lipinski definition) is 2. The number of nitrogens with zero attached hydrogens (tertiary/aromatic N) is 3. The Bertz CT molecular complexity index is 416. The molecule has 1 aromatic rings. The molecule has 0 aromatic carbocycles. The first-order valence-electron chi connectivity index (χ1n) is 6.29. The normalized spacial score (nSPS) is 14.8. The standard InChI is InChI=1S/C11H19N5OS/c1-2-5-16-9(6-12)14-15-11(16)18-7-10(17)13-8-3-4-8/h8H,2-7,12H2,1H3,(H,13,17). The SMILES string of the molecule is CCCn1c(CN)nnc1SCC(=O)NC1CC1. The fourth-order valence-corrected chi connectivity index (χ4v) is 2.45. The lowest BCUT2D eigenvalue weighted by molar-refractivity contribution is -0.118. The zero-order valence-corrected chi connectivity index (χ0v) is 11.4. The van der Waals surface area contributed by atoms with E-state index in [4.69, 9.17) is 5.73 Å². The molecule has 100 valence electrons. The minimum Gasteiger partial charge on any atom is -0.353 e.